The Morgan fingerprint density at radius 1 is 1.28 bits per heavy atom. The highest BCUT2D eigenvalue weighted by Gasteiger charge is 2.11. The predicted octanol–water partition coefficient (Wildman–Crippen LogP) is 3.73. The summed E-state index contributed by atoms with van der Waals surface area (Å²) in [5.74, 6) is -0.0491. The molecule has 2 aromatic carbocycles. The van der Waals surface area contributed by atoms with E-state index >= 15 is 0 Å². The van der Waals surface area contributed by atoms with Crippen LogP contribution in [0.1, 0.15) is 5.56 Å². The number of benzene rings is 2. The van der Waals surface area contributed by atoms with Crippen LogP contribution in [0.3, 0.4) is 0 Å². The standard InChI is InChI=1S/C13H8ClFN2O/c14-10-2-1-3-11(17)13(10)18-12-5-4-9(15)6-8(12)7-16/h1-6H,17H2. The van der Waals surface area contributed by atoms with Crippen LogP contribution in [0.15, 0.2) is 36.4 Å². The number of nitrogens with two attached hydrogens (primary N) is 1. The highest BCUT2D eigenvalue weighted by molar-refractivity contribution is 6.32. The van der Waals surface area contributed by atoms with Crippen LogP contribution in [0.2, 0.25) is 5.02 Å². The molecule has 90 valence electrons. The largest absolute Gasteiger partial charge is 0.452 e. The van der Waals surface area contributed by atoms with Crippen LogP contribution in [-0.2, 0) is 0 Å². The minimum absolute atomic E-state index is 0.0781. The van der Waals surface area contributed by atoms with E-state index in [1.807, 2.05) is 6.07 Å². The first-order valence-corrected chi connectivity index (χ1v) is 5.41. The van der Waals surface area contributed by atoms with Crippen molar-refractivity contribution in [1.29, 1.82) is 5.26 Å². The second kappa shape index (κ2) is 4.94. The van der Waals surface area contributed by atoms with Gasteiger partial charge in [-0.3, -0.25) is 0 Å². The summed E-state index contributed by atoms with van der Waals surface area (Å²) in [4.78, 5) is 0. The molecule has 0 unspecified atom stereocenters. The fourth-order valence-corrected chi connectivity index (χ4v) is 1.64. The van der Waals surface area contributed by atoms with Crippen LogP contribution in [0.4, 0.5) is 10.1 Å². The minimum atomic E-state index is -0.508. The molecule has 0 saturated heterocycles. The van der Waals surface area contributed by atoms with Gasteiger partial charge in [-0.2, -0.15) is 5.26 Å². The van der Waals surface area contributed by atoms with E-state index in [1.165, 1.54) is 12.1 Å². The van der Waals surface area contributed by atoms with Crippen LogP contribution in [0.25, 0.3) is 0 Å². The van der Waals surface area contributed by atoms with Crippen molar-refractivity contribution < 1.29 is 9.13 Å². The lowest BCUT2D eigenvalue weighted by atomic mass is 10.2. The SMILES string of the molecule is N#Cc1cc(F)ccc1Oc1c(N)cccc1Cl. The first-order valence-electron chi connectivity index (χ1n) is 5.03. The number of nitrogen functional groups attached to an aromatic ring is 1. The number of nitriles is 1. The summed E-state index contributed by atoms with van der Waals surface area (Å²) < 4.78 is 18.4. The van der Waals surface area contributed by atoms with Gasteiger partial charge in [0.05, 0.1) is 16.3 Å². The van der Waals surface area contributed by atoms with Gasteiger partial charge in [-0.1, -0.05) is 17.7 Å². The van der Waals surface area contributed by atoms with Gasteiger partial charge in [-0.15, -0.1) is 0 Å². The van der Waals surface area contributed by atoms with Crippen molar-refractivity contribution in [2.45, 2.75) is 0 Å². The molecule has 0 aliphatic carbocycles. The molecule has 0 bridgehead atoms. The summed E-state index contributed by atoms with van der Waals surface area (Å²) in [5, 5.41) is 9.22. The Kier molecular flexibility index (Phi) is 3.35. The van der Waals surface area contributed by atoms with Crippen LogP contribution in [0.5, 0.6) is 11.5 Å². The van der Waals surface area contributed by atoms with Gasteiger partial charge < -0.3 is 10.5 Å². The normalized spacial score (nSPS) is 9.83. The first-order chi connectivity index (χ1) is 8.61. The van der Waals surface area contributed by atoms with Crippen LogP contribution in [-0.4, -0.2) is 0 Å². The van der Waals surface area contributed by atoms with Gasteiger partial charge in [0.2, 0.25) is 0 Å². The fraction of sp³-hybridized carbons (Fsp3) is 0. The molecule has 2 aromatic rings. The summed E-state index contributed by atoms with van der Waals surface area (Å²) in [6.45, 7) is 0. The zero-order chi connectivity index (χ0) is 13.1. The summed E-state index contributed by atoms with van der Waals surface area (Å²) in [6.07, 6.45) is 0. The van der Waals surface area contributed by atoms with Gasteiger partial charge in [0.1, 0.15) is 17.6 Å². The van der Waals surface area contributed by atoms with Gasteiger partial charge in [0.25, 0.3) is 0 Å². The molecule has 2 N–H and O–H groups in total. The zero-order valence-corrected chi connectivity index (χ0v) is 9.91. The maximum absolute atomic E-state index is 13.0. The molecule has 0 fully saturated rings. The van der Waals surface area contributed by atoms with E-state index in [9.17, 15) is 4.39 Å². The molecule has 0 radical (unpaired) electrons. The average molecular weight is 263 g/mol. The fourth-order valence-electron chi connectivity index (χ4n) is 1.42. The van der Waals surface area contributed by atoms with Crippen molar-refractivity contribution in [1.82, 2.24) is 0 Å². The monoisotopic (exact) mass is 262 g/mol. The number of hydrogen-bond acceptors (Lipinski definition) is 3. The van der Waals surface area contributed by atoms with Crippen molar-refractivity contribution in [3.8, 4) is 17.6 Å². The Balaban J connectivity index is 2.44. The van der Waals surface area contributed by atoms with Gasteiger partial charge in [-0.25, -0.2) is 4.39 Å². The Labute approximate surface area is 108 Å². The predicted molar refractivity (Wildman–Crippen MR) is 67.1 cm³/mol. The van der Waals surface area contributed by atoms with Gasteiger partial charge in [0.15, 0.2) is 5.75 Å². The van der Waals surface area contributed by atoms with E-state index in [0.717, 1.165) is 6.07 Å². The molecule has 0 atom stereocenters. The summed E-state index contributed by atoms with van der Waals surface area (Å²) in [7, 11) is 0. The molecule has 0 spiro atoms. The molecular weight excluding hydrogens is 255 g/mol. The molecule has 0 amide bonds. The average Bonchev–Trinajstić information content (AvgIpc) is 2.35. The van der Waals surface area contributed by atoms with E-state index in [-0.39, 0.29) is 17.1 Å². The topological polar surface area (TPSA) is 59.0 Å². The number of halogens is 2. The quantitative estimate of drug-likeness (QED) is 0.839. The Morgan fingerprint density at radius 3 is 2.72 bits per heavy atom. The Hall–Kier alpha value is -2.25. The third-order valence-electron chi connectivity index (χ3n) is 2.27. The third-order valence-corrected chi connectivity index (χ3v) is 2.57. The van der Waals surface area contributed by atoms with E-state index in [4.69, 9.17) is 27.3 Å². The number of anilines is 1. The van der Waals surface area contributed by atoms with Crippen molar-refractivity contribution in [2.75, 3.05) is 5.73 Å². The lowest BCUT2D eigenvalue weighted by Crippen LogP contribution is -1.95. The molecule has 5 heteroatoms. The van der Waals surface area contributed by atoms with E-state index < -0.39 is 5.82 Å². The lowest BCUT2D eigenvalue weighted by molar-refractivity contribution is 0.481. The Bertz CT molecular complexity index is 617. The summed E-state index contributed by atoms with van der Waals surface area (Å²) in [6, 6.07) is 10.4. The number of rotatable bonds is 2. The molecular formula is C13H8ClFN2O. The van der Waals surface area contributed by atoms with Crippen LogP contribution < -0.4 is 10.5 Å². The van der Waals surface area contributed by atoms with Crippen molar-refractivity contribution in [3.63, 3.8) is 0 Å². The van der Waals surface area contributed by atoms with Crippen molar-refractivity contribution in [3.05, 3.63) is 52.8 Å². The maximum Gasteiger partial charge on any atom is 0.168 e. The van der Waals surface area contributed by atoms with E-state index in [0.29, 0.717) is 10.7 Å². The lowest BCUT2D eigenvalue weighted by Gasteiger charge is -2.11. The number of hydrogen-bond donors (Lipinski definition) is 1. The molecule has 0 heterocycles. The second-order valence-corrected chi connectivity index (χ2v) is 3.92. The smallest absolute Gasteiger partial charge is 0.168 e. The third kappa shape index (κ3) is 2.36. The zero-order valence-electron chi connectivity index (χ0n) is 9.15. The first kappa shape index (κ1) is 12.2. The van der Waals surface area contributed by atoms with E-state index in [1.54, 1.807) is 18.2 Å². The summed E-state index contributed by atoms with van der Waals surface area (Å²) in [5.41, 5.74) is 6.15. The number of para-hydroxylation sites is 1. The number of ether oxygens (including phenoxy) is 1. The Morgan fingerprint density at radius 2 is 2.06 bits per heavy atom. The minimum Gasteiger partial charge on any atom is -0.452 e. The van der Waals surface area contributed by atoms with Crippen LogP contribution in [0, 0.1) is 17.1 Å². The van der Waals surface area contributed by atoms with Gasteiger partial charge >= 0.3 is 0 Å². The van der Waals surface area contributed by atoms with Gasteiger partial charge in [-0.05, 0) is 30.3 Å². The maximum atomic E-state index is 13.0. The molecule has 0 aromatic heterocycles. The highest BCUT2D eigenvalue weighted by Crippen LogP contribution is 2.35. The van der Waals surface area contributed by atoms with Gasteiger partial charge in [0, 0.05) is 0 Å². The van der Waals surface area contributed by atoms with Crippen LogP contribution >= 0.6 is 11.6 Å². The van der Waals surface area contributed by atoms with E-state index in [2.05, 4.69) is 0 Å². The molecule has 0 saturated carbocycles. The highest BCUT2D eigenvalue weighted by atomic mass is 35.5. The molecule has 0 aliphatic rings. The molecule has 3 nitrogen and oxygen atoms in total. The van der Waals surface area contributed by atoms with Crippen molar-refractivity contribution >= 4 is 17.3 Å². The molecule has 0 aliphatic heterocycles. The number of nitrogens with zero attached hydrogens (tertiary/aromatic N) is 1. The second-order valence-electron chi connectivity index (χ2n) is 3.51. The molecule has 18 heavy (non-hydrogen) atoms. The van der Waals surface area contributed by atoms with Crippen molar-refractivity contribution in [2.24, 2.45) is 0 Å². The molecule has 2 rings (SSSR count). The summed E-state index contributed by atoms with van der Waals surface area (Å²) >= 11 is 5.94.